The predicted molar refractivity (Wildman–Crippen MR) is 55.4 cm³/mol. The quantitative estimate of drug-likeness (QED) is 0.711. The highest BCUT2D eigenvalue weighted by molar-refractivity contribution is 6.30. The summed E-state index contributed by atoms with van der Waals surface area (Å²) in [5, 5.41) is 0.591. The second-order valence-corrected chi connectivity index (χ2v) is 4.08. The zero-order valence-electron chi connectivity index (χ0n) is 7.90. The minimum Gasteiger partial charge on any atom is -0.297 e. The van der Waals surface area contributed by atoms with Gasteiger partial charge in [0.25, 0.3) is 0 Å². The summed E-state index contributed by atoms with van der Waals surface area (Å²) in [5.74, 6) is 1.26. The third-order valence-corrected chi connectivity index (χ3v) is 2.53. The number of hydrogen-bond acceptors (Lipinski definition) is 2. The number of anilines is 1. The van der Waals surface area contributed by atoms with Crippen molar-refractivity contribution >= 4 is 23.3 Å². The molecule has 1 fully saturated rings. The van der Waals surface area contributed by atoms with Gasteiger partial charge in [-0.05, 0) is 18.1 Å². The third kappa shape index (κ3) is 1.73. The molecule has 1 unspecified atom stereocenters. The molecule has 1 aromatic rings. The molecule has 1 atom stereocenters. The van der Waals surface area contributed by atoms with Crippen LogP contribution in [0.1, 0.15) is 13.3 Å². The monoisotopic (exact) mass is 210 g/mol. The predicted octanol–water partition coefficient (Wildman–Crippen LogP) is 2.11. The number of rotatable bonds is 1. The van der Waals surface area contributed by atoms with Gasteiger partial charge in [0.15, 0.2) is 0 Å². The number of aromatic nitrogens is 1. The van der Waals surface area contributed by atoms with Gasteiger partial charge in [0.2, 0.25) is 5.91 Å². The first-order valence-electron chi connectivity index (χ1n) is 4.59. The highest BCUT2D eigenvalue weighted by Gasteiger charge is 2.28. The number of carbonyl (C=O) groups is 1. The van der Waals surface area contributed by atoms with Gasteiger partial charge in [-0.3, -0.25) is 9.69 Å². The Morgan fingerprint density at radius 2 is 2.36 bits per heavy atom. The molecule has 0 spiro atoms. The number of nitrogens with zero attached hydrogens (tertiary/aromatic N) is 2. The molecule has 0 aromatic carbocycles. The molecular weight excluding hydrogens is 200 g/mol. The first-order valence-corrected chi connectivity index (χ1v) is 4.96. The summed E-state index contributed by atoms with van der Waals surface area (Å²) in [4.78, 5) is 17.4. The molecule has 1 aliphatic heterocycles. The molecule has 2 heterocycles. The van der Waals surface area contributed by atoms with Crippen molar-refractivity contribution in [3.8, 4) is 0 Å². The molecule has 0 radical (unpaired) electrons. The molecule has 2 rings (SSSR count). The van der Waals surface area contributed by atoms with Crippen LogP contribution in [0.4, 0.5) is 5.82 Å². The van der Waals surface area contributed by atoms with E-state index in [1.165, 1.54) is 0 Å². The maximum Gasteiger partial charge on any atom is 0.228 e. The molecule has 0 bridgehead atoms. The number of halogens is 1. The van der Waals surface area contributed by atoms with Crippen LogP contribution in [-0.4, -0.2) is 17.4 Å². The number of pyridine rings is 1. The van der Waals surface area contributed by atoms with Gasteiger partial charge in [0.05, 0.1) is 5.02 Å². The first kappa shape index (κ1) is 9.46. The van der Waals surface area contributed by atoms with Crippen molar-refractivity contribution in [3.05, 3.63) is 23.4 Å². The molecule has 14 heavy (non-hydrogen) atoms. The van der Waals surface area contributed by atoms with Crippen LogP contribution in [0.25, 0.3) is 0 Å². The fourth-order valence-electron chi connectivity index (χ4n) is 1.64. The largest absolute Gasteiger partial charge is 0.297 e. The Labute approximate surface area is 87.7 Å². The van der Waals surface area contributed by atoms with E-state index in [2.05, 4.69) is 11.9 Å². The average Bonchev–Trinajstić information content (AvgIpc) is 2.47. The average molecular weight is 211 g/mol. The van der Waals surface area contributed by atoms with Gasteiger partial charge in [-0.2, -0.15) is 0 Å². The highest BCUT2D eigenvalue weighted by atomic mass is 35.5. The summed E-state index contributed by atoms with van der Waals surface area (Å²) in [6.07, 6.45) is 2.18. The van der Waals surface area contributed by atoms with Crippen LogP contribution in [0.5, 0.6) is 0 Å². The lowest BCUT2D eigenvalue weighted by Crippen LogP contribution is -2.25. The fraction of sp³-hybridized carbons (Fsp3) is 0.400. The minimum absolute atomic E-state index is 0.146. The Balaban J connectivity index is 2.23. The van der Waals surface area contributed by atoms with Gasteiger partial charge in [0, 0.05) is 19.2 Å². The molecular formula is C10H11ClN2O. The van der Waals surface area contributed by atoms with Crippen LogP contribution in [-0.2, 0) is 4.79 Å². The highest BCUT2D eigenvalue weighted by Crippen LogP contribution is 2.23. The Hall–Kier alpha value is -1.09. The van der Waals surface area contributed by atoms with Crippen LogP contribution in [0, 0.1) is 5.92 Å². The van der Waals surface area contributed by atoms with Crippen molar-refractivity contribution < 1.29 is 4.79 Å². The molecule has 0 aliphatic carbocycles. The fourth-order valence-corrected chi connectivity index (χ4v) is 1.75. The van der Waals surface area contributed by atoms with Crippen molar-refractivity contribution in [2.45, 2.75) is 13.3 Å². The lowest BCUT2D eigenvalue weighted by Gasteiger charge is -2.14. The maximum absolute atomic E-state index is 11.5. The summed E-state index contributed by atoms with van der Waals surface area (Å²) in [7, 11) is 0. The topological polar surface area (TPSA) is 33.2 Å². The Kier molecular flexibility index (Phi) is 2.42. The minimum atomic E-state index is 0.146. The lowest BCUT2D eigenvalue weighted by atomic mass is 10.2. The Morgan fingerprint density at radius 3 is 2.86 bits per heavy atom. The van der Waals surface area contributed by atoms with Crippen molar-refractivity contribution in [3.63, 3.8) is 0 Å². The first-order chi connectivity index (χ1) is 6.66. The number of carbonyl (C=O) groups excluding carboxylic acids is 1. The van der Waals surface area contributed by atoms with E-state index in [4.69, 9.17) is 11.6 Å². The van der Waals surface area contributed by atoms with E-state index in [0.717, 1.165) is 6.54 Å². The summed E-state index contributed by atoms with van der Waals surface area (Å²) >= 11 is 5.72. The molecule has 3 nitrogen and oxygen atoms in total. The zero-order chi connectivity index (χ0) is 10.1. The van der Waals surface area contributed by atoms with Gasteiger partial charge in [-0.25, -0.2) is 4.98 Å². The normalized spacial score (nSPS) is 21.7. The second-order valence-electron chi connectivity index (χ2n) is 3.65. The van der Waals surface area contributed by atoms with Gasteiger partial charge in [-0.1, -0.05) is 18.5 Å². The van der Waals surface area contributed by atoms with Crippen molar-refractivity contribution in [2.24, 2.45) is 5.92 Å². The van der Waals surface area contributed by atoms with E-state index in [1.807, 2.05) is 0 Å². The second kappa shape index (κ2) is 3.58. The lowest BCUT2D eigenvalue weighted by molar-refractivity contribution is -0.117. The van der Waals surface area contributed by atoms with E-state index < -0.39 is 0 Å². The van der Waals surface area contributed by atoms with E-state index in [-0.39, 0.29) is 5.91 Å². The summed E-state index contributed by atoms with van der Waals surface area (Å²) in [6.45, 7) is 2.82. The number of hydrogen-bond donors (Lipinski definition) is 0. The third-order valence-electron chi connectivity index (χ3n) is 2.31. The van der Waals surface area contributed by atoms with Crippen molar-refractivity contribution in [1.29, 1.82) is 0 Å². The molecule has 74 valence electrons. The molecule has 1 aliphatic rings. The molecule has 1 amide bonds. The molecule has 4 heteroatoms. The van der Waals surface area contributed by atoms with Crippen LogP contribution < -0.4 is 4.90 Å². The van der Waals surface area contributed by atoms with Crippen LogP contribution in [0.15, 0.2) is 18.3 Å². The Morgan fingerprint density at radius 1 is 1.57 bits per heavy atom. The molecule has 0 N–H and O–H groups in total. The summed E-state index contributed by atoms with van der Waals surface area (Å²) in [6, 6.07) is 3.53. The maximum atomic E-state index is 11.5. The van der Waals surface area contributed by atoms with E-state index in [9.17, 15) is 4.79 Å². The molecule has 1 saturated heterocycles. The summed E-state index contributed by atoms with van der Waals surface area (Å²) in [5.41, 5.74) is 0. The van der Waals surface area contributed by atoms with Crippen LogP contribution in [0.3, 0.4) is 0 Å². The van der Waals surface area contributed by atoms with E-state index in [0.29, 0.717) is 23.2 Å². The van der Waals surface area contributed by atoms with E-state index in [1.54, 1.807) is 23.2 Å². The molecule has 1 aromatic heterocycles. The zero-order valence-corrected chi connectivity index (χ0v) is 8.66. The summed E-state index contributed by atoms with van der Waals surface area (Å²) < 4.78 is 0. The van der Waals surface area contributed by atoms with Gasteiger partial charge < -0.3 is 0 Å². The van der Waals surface area contributed by atoms with Gasteiger partial charge in [-0.15, -0.1) is 0 Å². The van der Waals surface area contributed by atoms with Gasteiger partial charge >= 0.3 is 0 Å². The standard InChI is InChI=1S/C10H11ClN2O/c1-7-4-10(14)13(6-7)9-3-2-8(11)5-12-9/h2-3,5,7H,4,6H2,1H3. The van der Waals surface area contributed by atoms with Crippen molar-refractivity contribution in [2.75, 3.05) is 11.4 Å². The smallest absolute Gasteiger partial charge is 0.228 e. The van der Waals surface area contributed by atoms with Crippen LogP contribution >= 0.6 is 11.6 Å². The van der Waals surface area contributed by atoms with Gasteiger partial charge in [0.1, 0.15) is 5.82 Å². The SMILES string of the molecule is CC1CC(=O)N(c2ccc(Cl)cn2)C1. The van der Waals surface area contributed by atoms with Crippen LogP contribution in [0.2, 0.25) is 5.02 Å². The Bertz CT molecular complexity index is 350. The van der Waals surface area contributed by atoms with Crippen molar-refractivity contribution in [1.82, 2.24) is 4.98 Å². The number of amides is 1. The molecule has 0 saturated carbocycles. The van der Waals surface area contributed by atoms with E-state index >= 15 is 0 Å².